The van der Waals surface area contributed by atoms with Crippen molar-refractivity contribution in [2.75, 3.05) is 7.11 Å². The highest BCUT2D eigenvalue weighted by Gasteiger charge is 2.40. The number of nitrogens with zero attached hydrogens (tertiary/aromatic N) is 2. The lowest BCUT2D eigenvalue weighted by Gasteiger charge is -2.03. The second kappa shape index (κ2) is 7.35. The van der Waals surface area contributed by atoms with E-state index in [-0.39, 0.29) is 17.2 Å². The average Bonchev–Trinajstić information content (AvgIpc) is 3.47. The van der Waals surface area contributed by atoms with Gasteiger partial charge in [0.05, 0.1) is 23.3 Å². The molecule has 0 unspecified atom stereocenters. The van der Waals surface area contributed by atoms with Gasteiger partial charge in [-0.1, -0.05) is 17.3 Å². The third-order valence-electron chi connectivity index (χ3n) is 4.46. The lowest BCUT2D eigenvalue weighted by Crippen LogP contribution is -2.05. The monoisotopic (exact) mass is 354 g/mol. The molecule has 1 aliphatic rings. The van der Waals surface area contributed by atoms with Gasteiger partial charge in [0.25, 0.3) is 5.69 Å². The van der Waals surface area contributed by atoms with Crippen molar-refractivity contribution in [2.45, 2.75) is 19.3 Å². The predicted octanol–water partition coefficient (Wildman–Crippen LogP) is 3.94. The molecule has 2 aromatic rings. The van der Waals surface area contributed by atoms with Gasteiger partial charge in [-0.15, -0.1) is 0 Å². The Kier molecular flexibility index (Phi) is 4.97. The van der Waals surface area contributed by atoms with Crippen LogP contribution in [0.1, 0.15) is 35.2 Å². The van der Waals surface area contributed by atoms with Crippen LogP contribution in [0, 0.1) is 16.0 Å². The van der Waals surface area contributed by atoms with Crippen LogP contribution in [0.5, 0.6) is 5.75 Å². The summed E-state index contributed by atoms with van der Waals surface area (Å²) in [6.07, 6.45) is 0.955. The van der Waals surface area contributed by atoms with Gasteiger partial charge in [0.15, 0.2) is 0 Å². The molecule has 2 aromatic carbocycles. The first-order chi connectivity index (χ1) is 12.5. The highest BCUT2D eigenvalue weighted by atomic mass is 16.7. The molecular formula is C19H18N2O5. The first-order valence-corrected chi connectivity index (χ1v) is 8.14. The van der Waals surface area contributed by atoms with Gasteiger partial charge in [-0.05, 0) is 49.1 Å². The van der Waals surface area contributed by atoms with E-state index in [2.05, 4.69) is 5.16 Å². The second-order valence-electron chi connectivity index (χ2n) is 6.14. The van der Waals surface area contributed by atoms with Gasteiger partial charge < -0.3 is 9.57 Å². The molecule has 7 heteroatoms. The topological polar surface area (TPSA) is 91.0 Å². The van der Waals surface area contributed by atoms with E-state index in [1.54, 1.807) is 7.11 Å². The molecule has 0 radical (unpaired) electrons. The van der Waals surface area contributed by atoms with E-state index in [0.29, 0.717) is 5.92 Å². The van der Waals surface area contributed by atoms with E-state index in [0.717, 1.165) is 17.9 Å². The van der Waals surface area contributed by atoms with Crippen molar-refractivity contribution in [1.29, 1.82) is 0 Å². The number of hydrogen-bond donors (Lipinski definition) is 0. The molecule has 0 spiro atoms. The number of ether oxygens (including phenoxy) is 1. The zero-order valence-corrected chi connectivity index (χ0v) is 14.4. The maximum atomic E-state index is 12.0. The molecule has 0 aromatic heterocycles. The fourth-order valence-electron chi connectivity index (χ4n) is 2.83. The number of nitro benzene ring substituents is 1. The zero-order chi connectivity index (χ0) is 18.7. The van der Waals surface area contributed by atoms with Gasteiger partial charge in [-0.3, -0.25) is 10.1 Å². The zero-order valence-electron chi connectivity index (χ0n) is 14.4. The quantitative estimate of drug-likeness (QED) is 0.339. The van der Waals surface area contributed by atoms with Crippen molar-refractivity contribution in [3.05, 3.63) is 69.8 Å². The third kappa shape index (κ3) is 3.88. The lowest BCUT2D eigenvalue weighted by molar-refractivity contribution is -0.384. The Morgan fingerprint density at radius 2 is 1.81 bits per heavy atom. The molecule has 26 heavy (non-hydrogen) atoms. The van der Waals surface area contributed by atoms with Crippen LogP contribution >= 0.6 is 0 Å². The minimum Gasteiger partial charge on any atom is -0.497 e. The van der Waals surface area contributed by atoms with Gasteiger partial charge in [0, 0.05) is 18.1 Å². The first kappa shape index (κ1) is 17.6. The Bertz CT molecular complexity index is 843. The molecule has 134 valence electrons. The fraction of sp³-hybridized carbons (Fsp3) is 0.263. The number of hydrogen-bond acceptors (Lipinski definition) is 6. The van der Waals surface area contributed by atoms with Crippen LogP contribution < -0.4 is 4.74 Å². The van der Waals surface area contributed by atoms with Crippen LogP contribution in [0.25, 0.3) is 0 Å². The molecule has 2 atom stereocenters. The summed E-state index contributed by atoms with van der Waals surface area (Å²) in [5, 5.41) is 14.6. The van der Waals surface area contributed by atoms with E-state index in [1.807, 2.05) is 31.2 Å². The summed E-state index contributed by atoms with van der Waals surface area (Å²) in [5.41, 5.74) is 2.09. The van der Waals surface area contributed by atoms with Crippen LogP contribution in [0.3, 0.4) is 0 Å². The average molecular weight is 354 g/mol. The third-order valence-corrected chi connectivity index (χ3v) is 4.46. The summed E-state index contributed by atoms with van der Waals surface area (Å²) in [7, 11) is 1.63. The van der Waals surface area contributed by atoms with Crippen molar-refractivity contribution in [3.63, 3.8) is 0 Å². The SMILES string of the molecule is COc1ccc([C@@H]2C[C@H]2/C(C)=N\OC(=O)c2ccc([N+](=O)[O-])cc2)cc1. The number of methoxy groups -OCH3 is 1. The number of oxime groups is 1. The minimum atomic E-state index is -0.638. The summed E-state index contributed by atoms with van der Waals surface area (Å²) in [5.74, 6) is 0.782. The number of non-ortho nitro benzene ring substituents is 1. The van der Waals surface area contributed by atoms with Crippen LogP contribution in [0.15, 0.2) is 53.7 Å². The summed E-state index contributed by atoms with van der Waals surface area (Å²) in [4.78, 5) is 27.1. The van der Waals surface area contributed by atoms with Crippen LogP contribution in [0.2, 0.25) is 0 Å². The summed E-state index contributed by atoms with van der Waals surface area (Å²) in [6, 6.07) is 13.1. The molecule has 7 nitrogen and oxygen atoms in total. The van der Waals surface area contributed by atoms with Gasteiger partial charge in [-0.25, -0.2) is 4.79 Å². The molecule has 0 amide bonds. The fourth-order valence-corrected chi connectivity index (χ4v) is 2.83. The van der Waals surface area contributed by atoms with Crippen molar-refractivity contribution in [1.82, 2.24) is 0 Å². The van der Waals surface area contributed by atoms with Gasteiger partial charge in [0.1, 0.15) is 5.75 Å². The van der Waals surface area contributed by atoms with E-state index in [9.17, 15) is 14.9 Å². The Morgan fingerprint density at radius 3 is 2.38 bits per heavy atom. The van der Waals surface area contributed by atoms with Gasteiger partial charge >= 0.3 is 5.97 Å². The Labute approximate surface area is 150 Å². The number of nitro groups is 1. The molecular weight excluding hydrogens is 336 g/mol. The predicted molar refractivity (Wildman–Crippen MR) is 95.5 cm³/mol. The normalized spacial score (nSPS) is 18.9. The molecule has 1 fully saturated rings. The highest BCUT2D eigenvalue weighted by Crippen LogP contribution is 2.48. The summed E-state index contributed by atoms with van der Waals surface area (Å²) >= 11 is 0. The molecule has 0 aliphatic heterocycles. The van der Waals surface area contributed by atoms with E-state index in [4.69, 9.17) is 9.57 Å². The maximum Gasteiger partial charge on any atom is 0.365 e. The Hall–Kier alpha value is -3.22. The molecule has 0 saturated heterocycles. The molecule has 0 N–H and O–H groups in total. The van der Waals surface area contributed by atoms with Crippen LogP contribution in [0.4, 0.5) is 5.69 Å². The smallest absolute Gasteiger partial charge is 0.365 e. The summed E-state index contributed by atoms with van der Waals surface area (Å²) in [6.45, 7) is 1.83. The standard InChI is InChI=1S/C19H18N2O5/c1-12(17-11-18(17)13-5-9-16(25-2)10-6-13)20-26-19(22)14-3-7-15(8-4-14)21(23)24/h3-10,17-18H,11H2,1-2H3/b20-12-/t17-,18-/m0/s1. The van der Waals surface area contributed by atoms with Crippen molar-refractivity contribution in [2.24, 2.45) is 11.1 Å². The molecule has 1 aliphatic carbocycles. The number of carbonyl (C=O) groups excluding carboxylic acids is 1. The first-order valence-electron chi connectivity index (χ1n) is 8.14. The maximum absolute atomic E-state index is 12.0. The van der Waals surface area contributed by atoms with Gasteiger partial charge in [0.2, 0.25) is 0 Å². The highest BCUT2D eigenvalue weighted by molar-refractivity contribution is 5.92. The molecule has 1 saturated carbocycles. The molecule has 0 bridgehead atoms. The number of benzene rings is 2. The van der Waals surface area contributed by atoms with Crippen LogP contribution in [-0.4, -0.2) is 23.7 Å². The van der Waals surface area contributed by atoms with E-state index in [1.165, 1.54) is 29.8 Å². The second-order valence-corrected chi connectivity index (χ2v) is 6.14. The molecule has 0 heterocycles. The van der Waals surface area contributed by atoms with E-state index >= 15 is 0 Å². The number of rotatable bonds is 6. The van der Waals surface area contributed by atoms with Gasteiger partial charge in [-0.2, -0.15) is 0 Å². The minimum absolute atomic E-state index is 0.0819. The number of carbonyl (C=O) groups is 1. The summed E-state index contributed by atoms with van der Waals surface area (Å²) < 4.78 is 5.15. The molecule has 3 rings (SSSR count). The van der Waals surface area contributed by atoms with Crippen LogP contribution in [-0.2, 0) is 4.84 Å². The van der Waals surface area contributed by atoms with E-state index < -0.39 is 10.9 Å². The van der Waals surface area contributed by atoms with Crippen molar-refractivity contribution in [3.8, 4) is 5.75 Å². The Morgan fingerprint density at radius 1 is 1.15 bits per heavy atom. The Balaban J connectivity index is 1.58. The van der Waals surface area contributed by atoms with Crippen molar-refractivity contribution < 1.29 is 19.3 Å². The van der Waals surface area contributed by atoms with Crippen molar-refractivity contribution >= 4 is 17.4 Å². The lowest BCUT2D eigenvalue weighted by atomic mass is 10.1. The largest absolute Gasteiger partial charge is 0.497 e.